The summed E-state index contributed by atoms with van der Waals surface area (Å²) in [5.74, 6) is 5.13. The van der Waals surface area contributed by atoms with Crippen LogP contribution in [0.25, 0.3) is 0 Å². The maximum atomic E-state index is 13.8. The predicted molar refractivity (Wildman–Crippen MR) is 79.0 cm³/mol. The number of anilines is 1. The summed E-state index contributed by atoms with van der Waals surface area (Å²) in [4.78, 5) is 17.9. The van der Waals surface area contributed by atoms with Gasteiger partial charge >= 0.3 is 0 Å². The van der Waals surface area contributed by atoms with Gasteiger partial charge in [-0.1, -0.05) is 18.2 Å². The van der Waals surface area contributed by atoms with Gasteiger partial charge in [0.05, 0.1) is 11.6 Å². The van der Waals surface area contributed by atoms with Gasteiger partial charge in [-0.3, -0.25) is 4.79 Å². The van der Waals surface area contributed by atoms with E-state index in [0.29, 0.717) is 16.9 Å². The van der Waals surface area contributed by atoms with Crippen molar-refractivity contribution in [2.45, 2.75) is 13.0 Å². The Balaban J connectivity index is 2.20. The molecule has 0 fully saturated rings. The van der Waals surface area contributed by atoms with Gasteiger partial charge in [0.1, 0.15) is 11.6 Å². The molecule has 0 radical (unpaired) electrons. The standard InChI is InChI=1S/C15H17FN4O/c1-10(12-5-3-4-6-13(12)16)20(2)15(21)11-7-8-14(19-17)18-9-11/h3-10H,17H2,1-2H3,(H,18,19). The molecule has 2 rings (SSSR count). The van der Waals surface area contributed by atoms with E-state index in [1.165, 1.54) is 17.2 Å². The summed E-state index contributed by atoms with van der Waals surface area (Å²) in [6, 6.07) is 9.26. The van der Waals surface area contributed by atoms with Crippen LogP contribution in [0.15, 0.2) is 42.6 Å². The molecule has 1 amide bonds. The molecular formula is C15H17FN4O. The zero-order chi connectivity index (χ0) is 15.4. The highest BCUT2D eigenvalue weighted by atomic mass is 19.1. The second kappa shape index (κ2) is 6.32. The number of carbonyl (C=O) groups is 1. The lowest BCUT2D eigenvalue weighted by atomic mass is 10.1. The molecule has 0 aliphatic rings. The van der Waals surface area contributed by atoms with E-state index in [1.807, 2.05) is 0 Å². The van der Waals surface area contributed by atoms with Gasteiger partial charge in [0.25, 0.3) is 5.91 Å². The molecule has 1 heterocycles. The first-order valence-electron chi connectivity index (χ1n) is 6.49. The summed E-state index contributed by atoms with van der Waals surface area (Å²) < 4.78 is 13.8. The third-order valence-corrected chi connectivity index (χ3v) is 3.41. The summed E-state index contributed by atoms with van der Waals surface area (Å²) in [6.45, 7) is 1.78. The SMILES string of the molecule is CC(c1ccccc1F)N(C)C(=O)c1ccc(NN)nc1. The molecule has 1 unspecified atom stereocenters. The number of carbonyl (C=O) groups excluding carboxylic acids is 1. The molecule has 0 bridgehead atoms. The predicted octanol–water partition coefficient (Wildman–Crippen LogP) is 2.34. The number of hydrogen-bond donors (Lipinski definition) is 2. The second-order valence-corrected chi connectivity index (χ2v) is 4.69. The fourth-order valence-corrected chi connectivity index (χ4v) is 2.01. The molecule has 0 aliphatic carbocycles. The van der Waals surface area contributed by atoms with Crippen molar-refractivity contribution in [3.8, 4) is 0 Å². The van der Waals surface area contributed by atoms with Crippen molar-refractivity contribution in [1.82, 2.24) is 9.88 Å². The highest BCUT2D eigenvalue weighted by Gasteiger charge is 2.21. The van der Waals surface area contributed by atoms with E-state index >= 15 is 0 Å². The van der Waals surface area contributed by atoms with E-state index < -0.39 is 0 Å². The number of nitrogens with zero attached hydrogens (tertiary/aromatic N) is 2. The van der Waals surface area contributed by atoms with E-state index in [-0.39, 0.29) is 17.8 Å². The maximum Gasteiger partial charge on any atom is 0.255 e. The molecule has 2 aromatic rings. The monoisotopic (exact) mass is 288 g/mol. The van der Waals surface area contributed by atoms with Crippen LogP contribution in [-0.4, -0.2) is 22.8 Å². The van der Waals surface area contributed by atoms with Crippen molar-refractivity contribution in [1.29, 1.82) is 0 Å². The van der Waals surface area contributed by atoms with E-state index in [2.05, 4.69) is 10.4 Å². The Labute approximate surface area is 122 Å². The minimum Gasteiger partial charge on any atom is -0.335 e. The lowest BCUT2D eigenvalue weighted by Gasteiger charge is -2.25. The molecule has 21 heavy (non-hydrogen) atoms. The van der Waals surface area contributed by atoms with Crippen LogP contribution in [-0.2, 0) is 0 Å². The molecule has 0 spiro atoms. The number of nitrogens with two attached hydrogens (primary N) is 1. The van der Waals surface area contributed by atoms with E-state index in [9.17, 15) is 9.18 Å². The summed E-state index contributed by atoms with van der Waals surface area (Å²) in [5, 5.41) is 0. The van der Waals surface area contributed by atoms with Crippen molar-refractivity contribution in [3.05, 3.63) is 59.5 Å². The Hall–Kier alpha value is -2.47. The van der Waals surface area contributed by atoms with Gasteiger partial charge in [-0.05, 0) is 25.1 Å². The number of aromatic nitrogens is 1. The van der Waals surface area contributed by atoms with Gasteiger partial charge < -0.3 is 10.3 Å². The Morgan fingerprint density at radius 2 is 2.05 bits per heavy atom. The average molecular weight is 288 g/mol. The normalized spacial score (nSPS) is 11.8. The smallest absolute Gasteiger partial charge is 0.255 e. The van der Waals surface area contributed by atoms with Crippen LogP contribution >= 0.6 is 0 Å². The number of amides is 1. The van der Waals surface area contributed by atoms with Crippen LogP contribution in [0.3, 0.4) is 0 Å². The lowest BCUT2D eigenvalue weighted by Crippen LogP contribution is -2.30. The van der Waals surface area contributed by atoms with Gasteiger partial charge in [0, 0.05) is 18.8 Å². The second-order valence-electron chi connectivity index (χ2n) is 4.69. The van der Waals surface area contributed by atoms with Crippen molar-refractivity contribution in [2.24, 2.45) is 5.84 Å². The van der Waals surface area contributed by atoms with Gasteiger partial charge in [-0.2, -0.15) is 0 Å². The van der Waals surface area contributed by atoms with Crippen molar-refractivity contribution in [2.75, 3.05) is 12.5 Å². The lowest BCUT2D eigenvalue weighted by molar-refractivity contribution is 0.0740. The highest BCUT2D eigenvalue weighted by Crippen LogP contribution is 2.23. The van der Waals surface area contributed by atoms with E-state index in [4.69, 9.17) is 5.84 Å². The average Bonchev–Trinajstić information content (AvgIpc) is 2.53. The van der Waals surface area contributed by atoms with Crippen LogP contribution in [0.2, 0.25) is 0 Å². The largest absolute Gasteiger partial charge is 0.335 e. The van der Waals surface area contributed by atoms with Crippen molar-refractivity contribution in [3.63, 3.8) is 0 Å². The quantitative estimate of drug-likeness (QED) is 0.669. The van der Waals surface area contributed by atoms with Crippen LogP contribution in [0.4, 0.5) is 10.2 Å². The topological polar surface area (TPSA) is 71.2 Å². The molecule has 1 atom stereocenters. The number of hydrazine groups is 1. The number of benzene rings is 1. The molecule has 6 heteroatoms. The highest BCUT2D eigenvalue weighted by molar-refractivity contribution is 5.94. The number of rotatable bonds is 4. The van der Waals surface area contributed by atoms with Crippen molar-refractivity contribution >= 4 is 11.7 Å². The van der Waals surface area contributed by atoms with Gasteiger partial charge in [-0.15, -0.1) is 0 Å². The van der Waals surface area contributed by atoms with Gasteiger partial charge in [-0.25, -0.2) is 15.2 Å². The summed E-state index contributed by atoms with van der Waals surface area (Å²) >= 11 is 0. The number of halogens is 1. The third kappa shape index (κ3) is 3.17. The van der Waals surface area contributed by atoms with Crippen molar-refractivity contribution < 1.29 is 9.18 Å². The summed E-state index contributed by atoms with van der Waals surface area (Å²) in [7, 11) is 1.63. The Kier molecular flexibility index (Phi) is 4.49. The minimum absolute atomic E-state index is 0.234. The molecule has 110 valence electrons. The first-order valence-corrected chi connectivity index (χ1v) is 6.49. The Morgan fingerprint density at radius 3 is 2.62 bits per heavy atom. The molecule has 0 saturated heterocycles. The first kappa shape index (κ1) is 14.9. The molecule has 1 aromatic heterocycles. The molecule has 3 N–H and O–H groups in total. The number of pyridine rings is 1. The molecule has 5 nitrogen and oxygen atoms in total. The minimum atomic E-state index is -0.383. The summed E-state index contributed by atoms with van der Waals surface area (Å²) in [6.07, 6.45) is 1.43. The zero-order valence-corrected chi connectivity index (χ0v) is 11.9. The van der Waals surface area contributed by atoms with Gasteiger partial charge in [0.15, 0.2) is 0 Å². The van der Waals surface area contributed by atoms with E-state index in [1.54, 1.807) is 44.3 Å². The van der Waals surface area contributed by atoms with Crippen LogP contribution in [0, 0.1) is 5.82 Å². The third-order valence-electron chi connectivity index (χ3n) is 3.41. The van der Waals surface area contributed by atoms with Gasteiger partial charge in [0.2, 0.25) is 0 Å². The fourth-order valence-electron chi connectivity index (χ4n) is 2.01. The van der Waals surface area contributed by atoms with Crippen LogP contribution in [0.1, 0.15) is 28.9 Å². The molecular weight excluding hydrogens is 271 g/mol. The fraction of sp³-hybridized carbons (Fsp3) is 0.200. The van der Waals surface area contributed by atoms with Crippen LogP contribution < -0.4 is 11.3 Å². The number of nitrogens with one attached hydrogen (secondary N) is 1. The Morgan fingerprint density at radius 1 is 1.33 bits per heavy atom. The summed E-state index contributed by atoms with van der Waals surface area (Å²) in [5.41, 5.74) is 3.28. The maximum absolute atomic E-state index is 13.8. The van der Waals surface area contributed by atoms with Crippen LogP contribution in [0.5, 0.6) is 0 Å². The van der Waals surface area contributed by atoms with E-state index in [0.717, 1.165) is 0 Å². The number of nitrogen functional groups attached to an aromatic ring is 1. The number of hydrogen-bond acceptors (Lipinski definition) is 4. The Bertz CT molecular complexity index is 630. The first-order chi connectivity index (χ1) is 10.0. The zero-order valence-electron chi connectivity index (χ0n) is 11.9. The molecule has 0 saturated carbocycles. The molecule has 1 aromatic carbocycles. The molecule has 0 aliphatic heterocycles.